The fourth-order valence-corrected chi connectivity index (χ4v) is 2.17. The smallest absolute Gasteiger partial charge is 0.0410 e. The quantitative estimate of drug-likeness (QED) is 0.814. The molecule has 1 unspecified atom stereocenters. The molecule has 72 valence electrons. The summed E-state index contributed by atoms with van der Waals surface area (Å²) in [5.41, 5.74) is 1.29. The summed E-state index contributed by atoms with van der Waals surface area (Å²) >= 11 is 5.39. The third-order valence-electron chi connectivity index (χ3n) is 1.87. The number of hydrogen-bond donors (Lipinski definition) is 0. The number of rotatable bonds is 4. The van der Waals surface area contributed by atoms with Crippen LogP contribution in [-0.4, -0.2) is 10.2 Å². The third-order valence-corrected chi connectivity index (χ3v) is 3.71. The van der Waals surface area contributed by atoms with E-state index in [0.717, 1.165) is 15.5 Å². The van der Waals surface area contributed by atoms with Crippen molar-refractivity contribution in [1.29, 1.82) is 0 Å². The minimum absolute atomic E-state index is 0.735. The normalized spacial score (nSPS) is 12.8. The predicted octanol–water partition coefficient (Wildman–Crippen LogP) is 3.88. The first kappa shape index (κ1) is 11.1. The van der Waals surface area contributed by atoms with Crippen LogP contribution in [0.5, 0.6) is 0 Å². The van der Waals surface area contributed by atoms with E-state index < -0.39 is 0 Å². The van der Waals surface area contributed by atoms with E-state index in [4.69, 9.17) is 0 Å². The van der Waals surface area contributed by atoms with Crippen molar-refractivity contribution in [2.75, 3.05) is 0 Å². The molecular formula is C10H14BrNS. The predicted molar refractivity (Wildman–Crippen MR) is 63.0 cm³/mol. The lowest BCUT2D eigenvalue weighted by Gasteiger charge is -2.07. The van der Waals surface area contributed by atoms with E-state index in [-0.39, 0.29) is 0 Å². The van der Waals surface area contributed by atoms with Gasteiger partial charge in [-0.05, 0) is 34.0 Å². The highest BCUT2D eigenvalue weighted by Gasteiger charge is 2.00. The van der Waals surface area contributed by atoms with Gasteiger partial charge < -0.3 is 0 Å². The summed E-state index contributed by atoms with van der Waals surface area (Å²) < 4.78 is 1.06. The molecule has 0 fully saturated rings. The number of hydrogen-bond acceptors (Lipinski definition) is 2. The van der Waals surface area contributed by atoms with Gasteiger partial charge in [-0.3, -0.25) is 4.98 Å². The van der Waals surface area contributed by atoms with E-state index in [1.165, 1.54) is 12.0 Å². The monoisotopic (exact) mass is 259 g/mol. The van der Waals surface area contributed by atoms with E-state index in [1.807, 2.05) is 24.2 Å². The van der Waals surface area contributed by atoms with Gasteiger partial charge in [0.2, 0.25) is 0 Å². The van der Waals surface area contributed by atoms with Gasteiger partial charge in [-0.15, -0.1) is 0 Å². The second-order valence-corrected chi connectivity index (χ2v) is 5.38. The Labute approximate surface area is 92.5 Å². The van der Waals surface area contributed by atoms with Gasteiger partial charge in [-0.2, -0.15) is 11.8 Å². The van der Waals surface area contributed by atoms with E-state index in [1.54, 1.807) is 0 Å². The summed E-state index contributed by atoms with van der Waals surface area (Å²) in [7, 11) is 0. The molecule has 1 aromatic heterocycles. The molecule has 0 aromatic carbocycles. The Kier molecular flexibility index (Phi) is 4.81. The highest BCUT2D eigenvalue weighted by atomic mass is 79.9. The lowest BCUT2D eigenvalue weighted by Crippen LogP contribution is -1.93. The zero-order valence-electron chi connectivity index (χ0n) is 7.96. The Bertz CT molecular complexity index is 265. The molecule has 1 atom stereocenters. The number of pyridine rings is 1. The molecule has 0 radical (unpaired) electrons. The molecule has 0 spiro atoms. The van der Waals surface area contributed by atoms with Crippen LogP contribution >= 0.6 is 27.7 Å². The molecule has 0 saturated heterocycles. The number of aromatic nitrogens is 1. The fraction of sp³-hybridized carbons (Fsp3) is 0.500. The molecule has 0 bridgehead atoms. The SMILES string of the molecule is CCC(C)SCc1cncc(Br)c1. The van der Waals surface area contributed by atoms with Gasteiger partial charge >= 0.3 is 0 Å². The summed E-state index contributed by atoms with van der Waals surface area (Å²) in [6.07, 6.45) is 4.98. The second-order valence-electron chi connectivity index (χ2n) is 3.04. The Morgan fingerprint density at radius 1 is 1.54 bits per heavy atom. The zero-order chi connectivity index (χ0) is 9.68. The van der Waals surface area contributed by atoms with Crippen molar-refractivity contribution in [2.45, 2.75) is 31.3 Å². The van der Waals surface area contributed by atoms with E-state index in [0.29, 0.717) is 0 Å². The molecular weight excluding hydrogens is 246 g/mol. The van der Waals surface area contributed by atoms with Crippen molar-refractivity contribution in [3.05, 3.63) is 28.5 Å². The Balaban J connectivity index is 2.45. The lowest BCUT2D eigenvalue weighted by molar-refractivity contribution is 0.905. The van der Waals surface area contributed by atoms with Gasteiger partial charge in [-0.25, -0.2) is 0 Å². The van der Waals surface area contributed by atoms with Gasteiger partial charge in [-0.1, -0.05) is 13.8 Å². The van der Waals surface area contributed by atoms with E-state index in [9.17, 15) is 0 Å². The highest BCUT2D eigenvalue weighted by Crippen LogP contribution is 2.20. The summed E-state index contributed by atoms with van der Waals surface area (Å²) in [6, 6.07) is 2.13. The Morgan fingerprint density at radius 3 is 2.92 bits per heavy atom. The molecule has 1 rings (SSSR count). The minimum atomic E-state index is 0.735. The van der Waals surface area contributed by atoms with Crippen LogP contribution in [0.25, 0.3) is 0 Å². The summed E-state index contributed by atoms with van der Waals surface area (Å²) in [6.45, 7) is 4.48. The van der Waals surface area contributed by atoms with Crippen molar-refractivity contribution in [3.63, 3.8) is 0 Å². The minimum Gasteiger partial charge on any atom is -0.263 e. The zero-order valence-corrected chi connectivity index (χ0v) is 10.4. The van der Waals surface area contributed by atoms with Crippen LogP contribution in [0.3, 0.4) is 0 Å². The molecule has 0 saturated carbocycles. The van der Waals surface area contributed by atoms with Gasteiger partial charge in [0.25, 0.3) is 0 Å². The average molecular weight is 260 g/mol. The van der Waals surface area contributed by atoms with Crippen molar-refractivity contribution in [2.24, 2.45) is 0 Å². The fourth-order valence-electron chi connectivity index (χ4n) is 0.891. The molecule has 0 aliphatic rings. The molecule has 0 aliphatic carbocycles. The first-order chi connectivity index (χ1) is 6.22. The first-order valence-corrected chi connectivity index (χ1v) is 6.27. The van der Waals surface area contributed by atoms with Crippen LogP contribution in [0.1, 0.15) is 25.8 Å². The molecule has 0 aliphatic heterocycles. The average Bonchev–Trinajstić information content (AvgIpc) is 2.14. The van der Waals surface area contributed by atoms with Crippen LogP contribution in [-0.2, 0) is 5.75 Å². The van der Waals surface area contributed by atoms with Gasteiger partial charge in [0.05, 0.1) is 0 Å². The summed E-state index contributed by atoms with van der Waals surface area (Å²) in [4.78, 5) is 4.13. The molecule has 3 heteroatoms. The third kappa shape index (κ3) is 4.14. The van der Waals surface area contributed by atoms with Crippen molar-refractivity contribution in [1.82, 2.24) is 4.98 Å². The second kappa shape index (κ2) is 5.66. The van der Waals surface area contributed by atoms with Gasteiger partial charge in [0.1, 0.15) is 0 Å². The summed E-state index contributed by atoms with van der Waals surface area (Å²) in [5.74, 6) is 1.06. The van der Waals surface area contributed by atoms with Crippen LogP contribution in [0, 0.1) is 0 Å². The molecule has 0 N–H and O–H groups in total. The Hall–Kier alpha value is -0.0200. The number of thioether (sulfide) groups is 1. The topological polar surface area (TPSA) is 12.9 Å². The Morgan fingerprint density at radius 2 is 2.31 bits per heavy atom. The molecule has 0 amide bonds. The van der Waals surface area contributed by atoms with Gasteiger partial charge in [0, 0.05) is 27.9 Å². The largest absolute Gasteiger partial charge is 0.263 e. The maximum atomic E-state index is 4.13. The highest BCUT2D eigenvalue weighted by molar-refractivity contribution is 9.10. The van der Waals surface area contributed by atoms with Crippen LogP contribution in [0.15, 0.2) is 22.9 Å². The number of nitrogens with zero attached hydrogens (tertiary/aromatic N) is 1. The lowest BCUT2D eigenvalue weighted by atomic mass is 10.3. The van der Waals surface area contributed by atoms with E-state index in [2.05, 4.69) is 40.8 Å². The molecule has 1 aromatic rings. The van der Waals surface area contributed by atoms with Gasteiger partial charge in [0.15, 0.2) is 0 Å². The van der Waals surface area contributed by atoms with Crippen LogP contribution in [0.4, 0.5) is 0 Å². The van der Waals surface area contributed by atoms with Crippen molar-refractivity contribution >= 4 is 27.7 Å². The summed E-state index contributed by atoms with van der Waals surface area (Å²) in [5, 5.41) is 0.735. The maximum absolute atomic E-state index is 4.13. The van der Waals surface area contributed by atoms with Crippen LogP contribution < -0.4 is 0 Å². The molecule has 1 heterocycles. The maximum Gasteiger partial charge on any atom is 0.0410 e. The van der Waals surface area contributed by atoms with Crippen LogP contribution in [0.2, 0.25) is 0 Å². The molecule has 13 heavy (non-hydrogen) atoms. The number of halogens is 1. The molecule has 1 nitrogen and oxygen atoms in total. The van der Waals surface area contributed by atoms with Crippen molar-refractivity contribution < 1.29 is 0 Å². The standard InChI is InChI=1S/C10H14BrNS/c1-3-8(2)13-7-9-4-10(11)6-12-5-9/h4-6,8H,3,7H2,1-2H3. The first-order valence-electron chi connectivity index (χ1n) is 4.43. The van der Waals surface area contributed by atoms with Crippen molar-refractivity contribution in [3.8, 4) is 0 Å². The van der Waals surface area contributed by atoms with E-state index >= 15 is 0 Å².